The molecule has 0 spiro atoms. The number of piperidine rings is 1. The molecule has 2 heterocycles. The van der Waals surface area contributed by atoms with Gasteiger partial charge in [-0.05, 0) is 25.7 Å². The van der Waals surface area contributed by atoms with Crippen LogP contribution in [-0.2, 0) is 4.74 Å². The van der Waals surface area contributed by atoms with Crippen LogP contribution in [0.4, 0.5) is 0 Å². The molecule has 0 aromatic rings. The summed E-state index contributed by atoms with van der Waals surface area (Å²) in [5.41, 5.74) is 0. The molecule has 3 aliphatic rings. The van der Waals surface area contributed by atoms with Gasteiger partial charge in [0.2, 0.25) is 0 Å². The molecule has 1 aliphatic carbocycles. The predicted octanol–water partition coefficient (Wildman–Crippen LogP) is -0.718. The Balaban J connectivity index is 1.45. The average molecular weight is 254 g/mol. The highest BCUT2D eigenvalue weighted by Gasteiger charge is 2.34. The number of nitrogens with one attached hydrogen (secondary N) is 2. The first kappa shape index (κ1) is 12.9. The van der Waals surface area contributed by atoms with Gasteiger partial charge < -0.3 is 14.5 Å². The van der Waals surface area contributed by atoms with Gasteiger partial charge in [-0.2, -0.15) is 0 Å². The van der Waals surface area contributed by atoms with Gasteiger partial charge in [-0.15, -0.1) is 0 Å². The van der Waals surface area contributed by atoms with E-state index in [4.69, 9.17) is 4.74 Å². The number of likely N-dealkylation sites (tertiary alicyclic amines) is 1. The quantitative estimate of drug-likeness (QED) is 0.666. The first-order valence-electron chi connectivity index (χ1n) is 8.20. The standard InChI is InChI=1S/C15H28N2O/c1-2-4-14(5-3-1)16-8-6-15(7-9-16)17-10-12-18-13-11-17/h14-15H,1-13H2/p+2. The molecule has 3 fully saturated rings. The normalized spacial score (nSPS) is 36.7. The molecule has 2 saturated heterocycles. The largest absolute Gasteiger partial charge is 0.370 e. The summed E-state index contributed by atoms with van der Waals surface area (Å²) in [5, 5.41) is 0. The van der Waals surface area contributed by atoms with E-state index in [1.807, 2.05) is 9.80 Å². The van der Waals surface area contributed by atoms with E-state index in [-0.39, 0.29) is 0 Å². The maximum atomic E-state index is 5.48. The lowest BCUT2D eigenvalue weighted by atomic mass is 9.92. The molecule has 1 saturated carbocycles. The molecular formula is C15H30N2O+2. The van der Waals surface area contributed by atoms with Crippen molar-refractivity contribution in [1.82, 2.24) is 0 Å². The number of morpholine rings is 1. The molecule has 3 heteroatoms. The van der Waals surface area contributed by atoms with Crippen LogP contribution in [0.3, 0.4) is 0 Å². The Morgan fingerprint density at radius 3 is 1.83 bits per heavy atom. The Bertz CT molecular complexity index is 213. The molecule has 0 amide bonds. The third-order valence-electron chi connectivity index (χ3n) is 5.52. The highest BCUT2D eigenvalue weighted by atomic mass is 16.5. The lowest BCUT2D eigenvalue weighted by Crippen LogP contribution is -3.23. The van der Waals surface area contributed by atoms with Gasteiger partial charge in [-0.25, -0.2) is 0 Å². The van der Waals surface area contributed by atoms with Gasteiger partial charge in [0, 0.05) is 12.8 Å². The van der Waals surface area contributed by atoms with Gasteiger partial charge >= 0.3 is 0 Å². The summed E-state index contributed by atoms with van der Waals surface area (Å²) in [6, 6.07) is 1.96. The number of rotatable bonds is 2. The van der Waals surface area contributed by atoms with Crippen LogP contribution in [0.2, 0.25) is 0 Å². The number of quaternary nitrogens is 2. The van der Waals surface area contributed by atoms with E-state index in [2.05, 4.69) is 0 Å². The molecule has 2 N–H and O–H groups in total. The van der Waals surface area contributed by atoms with E-state index in [1.165, 1.54) is 71.1 Å². The Morgan fingerprint density at radius 2 is 1.17 bits per heavy atom. The number of ether oxygens (including phenoxy) is 1. The molecule has 3 rings (SSSR count). The van der Waals surface area contributed by atoms with Crippen LogP contribution in [-0.4, -0.2) is 51.5 Å². The van der Waals surface area contributed by atoms with Gasteiger partial charge in [0.25, 0.3) is 0 Å². The zero-order chi connectivity index (χ0) is 12.2. The first-order chi connectivity index (χ1) is 8.93. The fourth-order valence-electron chi connectivity index (χ4n) is 4.36. The van der Waals surface area contributed by atoms with Crippen molar-refractivity contribution in [2.24, 2.45) is 0 Å². The molecule has 0 unspecified atom stereocenters. The molecular weight excluding hydrogens is 224 g/mol. The summed E-state index contributed by atoms with van der Waals surface area (Å²) in [7, 11) is 0. The Labute approximate surface area is 111 Å². The topological polar surface area (TPSA) is 18.1 Å². The van der Waals surface area contributed by atoms with E-state index >= 15 is 0 Å². The van der Waals surface area contributed by atoms with Crippen molar-refractivity contribution in [2.45, 2.75) is 57.0 Å². The maximum absolute atomic E-state index is 5.48. The zero-order valence-corrected chi connectivity index (χ0v) is 11.8. The lowest BCUT2D eigenvalue weighted by Gasteiger charge is -2.39. The number of hydrogen-bond acceptors (Lipinski definition) is 1. The molecule has 0 radical (unpaired) electrons. The van der Waals surface area contributed by atoms with Crippen molar-refractivity contribution in [2.75, 3.05) is 39.4 Å². The zero-order valence-electron chi connectivity index (χ0n) is 11.8. The van der Waals surface area contributed by atoms with E-state index in [0.29, 0.717) is 0 Å². The second kappa shape index (κ2) is 6.36. The molecule has 3 nitrogen and oxygen atoms in total. The summed E-state index contributed by atoms with van der Waals surface area (Å²) in [6.45, 7) is 7.38. The Kier molecular flexibility index (Phi) is 4.55. The lowest BCUT2D eigenvalue weighted by molar-refractivity contribution is -0.972. The second-order valence-corrected chi connectivity index (χ2v) is 6.54. The third kappa shape index (κ3) is 3.06. The molecule has 0 atom stereocenters. The van der Waals surface area contributed by atoms with Gasteiger partial charge in [0.1, 0.15) is 13.1 Å². The van der Waals surface area contributed by atoms with Gasteiger partial charge in [0.15, 0.2) is 0 Å². The smallest absolute Gasteiger partial charge is 0.101 e. The molecule has 18 heavy (non-hydrogen) atoms. The van der Waals surface area contributed by atoms with Crippen LogP contribution in [0.1, 0.15) is 44.9 Å². The van der Waals surface area contributed by atoms with Crippen molar-refractivity contribution >= 4 is 0 Å². The highest BCUT2D eigenvalue weighted by molar-refractivity contribution is 4.68. The van der Waals surface area contributed by atoms with Crippen LogP contribution < -0.4 is 9.80 Å². The molecule has 104 valence electrons. The van der Waals surface area contributed by atoms with Gasteiger partial charge in [-0.3, -0.25) is 0 Å². The molecule has 2 aliphatic heterocycles. The monoisotopic (exact) mass is 254 g/mol. The predicted molar refractivity (Wildman–Crippen MR) is 72.1 cm³/mol. The summed E-state index contributed by atoms with van der Waals surface area (Å²) in [4.78, 5) is 3.78. The van der Waals surface area contributed by atoms with E-state index in [9.17, 15) is 0 Å². The van der Waals surface area contributed by atoms with Crippen LogP contribution in [0.15, 0.2) is 0 Å². The third-order valence-corrected chi connectivity index (χ3v) is 5.52. The highest BCUT2D eigenvalue weighted by Crippen LogP contribution is 2.16. The van der Waals surface area contributed by atoms with Crippen LogP contribution in [0, 0.1) is 0 Å². The summed E-state index contributed by atoms with van der Waals surface area (Å²) in [6.07, 6.45) is 10.4. The summed E-state index contributed by atoms with van der Waals surface area (Å²) < 4.78 is 5.48. The van der Waals surface area contributed by atoms with Gasteiger partial charge in [0.05, 0.1) is 38.4 Å². The summed E-state index contributed by atoms with van der Waals surface area (Å²) >= 11 is 0. The minimum Gasteiger partial charge on any atom is -0.370 e. The fraction of sp³-hybridized carbons (Fsp3) is 1.00. The van der Waals surface area contributed by atoms with E-state index in [0.717, 1.165) is 25.3 Å². The van der Waals surface area contributed by atoms with Crippen LogP contribution >= 0.6 is 0 Å². The second-order valence-electron chi connectivity index (χ2n) is 6.54. The Morgan fingerprint density at radius 1 is 0.611 bits per heavy atom. The first-order valence-corrected chi connectivity index (χ1v) is 8.20. The fourth-order valence-corrected chi connectivity index (χ4v) is 4.36. The van der Waals surface area contributed by atoms with E-state index in [1.54, 1.807) is 0 Å². The molecule has 0 aromatic heterocycles. The van der Waals surface area contributed by atoms with Crippen molar-refractivity contribution in [3.05, 3.63) is 0 Å². The van der Waals surface area contributed by atoms with Crippen LogP contribution in [0.25, 0.3) is 0 Å². The number of hydrogen-bond donors (Lipinski definition) is 2. The summed E-state index contributed by atoms with van der Waals surface area (Å²) in [5.74, 6) is 0. The Hall–Kier alpha value is -0.120. The van der Waals surface area contributed by atoms with Crippen molar-refractivity contribution in [3.8, 4) is 0 Å². The minimum atomic E-state index is 0.946. The van der Waals surface area contributed by atoms with Crippen molar-refractivity contribution in [3.63, 3.8) is 0 Å². The van der Waals surface area contributed by atoms with Gasteiger partial charge in [-0.1, -0.05) is 6.42 Å². The average Bonchev–Trinajstić information content (AvgIpc) is 2.49. The molecule has 0 bridgehead atoms. The SMILES string of the molecule is C1CCC([NH+]2CCC([NH+]3CCOCC3)CC2)CC1. The van der Waals surface area contributed by atoms with Crippen LogP contribution in [0.5, 0.6) is 0 Å². The van der Waals surface area contributed by atoms with E-state index < -0.39 is 0 Å². The van der Waals surface area contributed by atoms with Crippen molar-refractivity contribution < 1.29 is 14.5 Å². The maximum Gasteiger partial charge on any atom is 0.101 e. The van der Waals surface area contributed by atoms with Crippen molar-refractivity contribution in [1.29, 1.82) is 0 Å². The minimum absolute atomic E-state index is 0.946. The molecule has 0 aromatic carbocycles.